The minimum atomic E-state index is -0.769. The molecule has 146 valence electrons. The molecule has 7 heteroatoms. The molecule has 2 saturated heterocycles. The van der Waals surface area contributed by atoms with Crippen molar-refractivity contribution in [2.24, 2.45) is 5.92 Å². The molecule has 1 aromatic rings. The van der Waals surface area contributed by atoms with E-state index in [-0.39, 0.29) is 29.5 Å². The molecule has 27 heavy (non-hydrogen) atoms. The Balaban J connectivity index is 1.48. The van der Waals surface area contributed by atoms with Crippen LogP contribution in [0.3, 0.4) is 0 Å². The molecule has 2 aliphatic rings. The zero-order chi connectivity index (χ0) is 19.4. The van der Waals surface area contributed by atoms with Gasteiger partial charge in [-0.3, -0.25) is 14.4 Å². The summed E-state index contributed by atoms with van der Waals surface area (Å²) in [5.74, 6) is -1.37. The Morgan fingerprint density at radius 2 is 1.59 bits per heavy atom. The van der Waals surface area contributed by atoms with Gasteiger partial charge < -0.3 is 14.5 Å². The Bertz CT molecular complexity index is 692. The van der Waals surface area contributed by atoms with Crippen molar-refractivity contribution in [1.29, 1.82) is 0 Å². The molecule has 3 rings (SSSR count). The van der Waals surface area contributed by atoms with E-state index in [0.29, 0.717) is 31.5 Å². The molecule has 1 atom stereocenters. The Morgan fingerprint density at radius 1 is 1.00 bits per heavy atom. The average molecular weight is 376 g/mol. The van der Waals surface area contributed by atoms with E-state index in [1.807, 2.05) is 0 Å². The van der Waals surface area contributed by atoms with Crippen LogP contribution in [0.15, 0.2) is 24.3 Å². The third-order valence-corrected chi connectivity index (χ3v) is 5.27. The molecule has 2 fully saturated rings. The first kappa shape index (κ1) is 19.3. The van der Waals surface area contributed by atoms with Crippen molar-refractivity contribution < 1.29 is 23.5 Å². The Kier molecular flexibility index (Phi) is 6.08. The SMILES string of the molecule is CC(OC(=O)C1CCN(C(=O)c2ccc(F)cc2)CC1)C(=O)N1CCCC1. The molecule has 2 aliphatic heterocycles. The number of amides is 2. The van der Waals surface area contributed by atoms with Gasteiger partial charge in [0.2, 0.25) is 0 Å². The van der Waals surface area contributed by atoms with Crippen molar-refractivity contribution >= 4 is 17.8 Å². The summed E-state index contributed by atoms with van der Waals surface area (Å²) in [6, 6.07) is 5.44. The summed E-state index contributed by atoms with van der Waals surface area (Å²) in [5, 5.41) is 0. The van der Waals surface area contributed by atoms with E-state index < -0.39 is 6.10 Å². The van der Waals surface area contributed by atoms with Gasteiger partial charge in [0.25, 0.3) is 11.8 Å². The van der Waals surface area contributed by atoms with Crippen molar-refractivity contribution in [3.63, 3.8) is 0 Å². The molecule has 0 spiro atoms. The van der Waals surface area contributed by atoms with Crippen molar-refractivity contribution in [1.82, 2.24) is 9.80 Å². The van der Waals surface area contributed by atoms with Crippen LogP contribution < -0.4 is 0 Å². The Hall–Kier alpha value is -2.44. The molecule has 1 unspecified atom stereocenters. The lowest BCUT2D eigenvalue weighted by atomic mass is 9.96. The number of halogens is 1. The second-order valence-electron chi connectivity index (χ2n) is 7.18. The van der Waals surface area contributed by atoms with Crippen LogP contribution in [0.4, 0.5) is 4.39 Å². The molecule has 2 heterocycles. The number of benzene rings is 1. The fourth-order valence-corrected chi connectivity index (χ4v) is 3.61. The summed E-state index contributed by atoms with van der Waals surface area (Å²) in [6.07, 6.45) is 2.21. The lowest BCUT2D eigenvalue weighted by Crippen LogP contribution is -2.43. The summed E-state index contributed by atoms with van der Waals surface area (Å²) < 4.78 is 18.4. The van der Waals surface area contributed by atoms with Gasteiger partial charge in [-0.15, -0.1) is 0 Å². The third kappa shape index (κ3) is 4.64. The van der Waals surface area contributed by atoms with Crippen LogP contribution in [0.5, 0.6) is 0 Å². The van der Waals surface area contributed by atoms with E-state index >= 15 is 0 Å². The van der Waals surface area contributed by atoms with E-state index in [9.17, 15) is 18.8 Å². The fraction of sp³-hybridized carbons (Fsp3) is 0.550. The molecule has 0 radical (unpaired) electrons. The quantitative estimate of drug-likeness (QED) is 0.756. The van der Waals surface area contributed by atoms with Gasteiger partial charge in [0.05, 0.1) is 5.92 Å². The molecular formula is C20H25FN2O4. The topological polar surface area (TPSA) is 66.9 Å². The molecule has 0 saturated carbocycles. The van der Waals surface area contributed by atoms with Crippen LogP contribution in [0.25, 0.3) is 0 Å². The lowest BCUT2D eigenvalue weighted by Gasteiger charge is -2.31. The van der Waals surface area contributed by atoms with E-state index in [0.717, 1.165) is 25.9 Å². The van der Waals surface area contributed by atoms with E-state index in [4.69, 9.17) is 4.74 Å². The number of carbonyl (C=O) groups is 3. The van der Waals surface area contributed by atoms with E-state index in [1.165, 1.54) is 24.3 Å². The molecule has 0 bridgehead atoms. The van der Waals surface area contributed by atoms with Crippen LogP contribution in [-0.2, 0) is 14.3 Å². The standard InChI is InChI=1S/C20H25FN2O4/c1-14(18(24)22-10-2-3-11-22)27-20(26)16-8-12-23(13-9-16)19(25)15-4-6-17(21)7-5-15/h4-7,14,16H,2-3,8-13H2,1H3. The first-order valence-electron chi connectivity index (χ1n) is 9.50. The summed E-state index contributed by atoms with van der Waals surface area (Å²) in [6.45, 7) is 3.94. The monoisotopic (exact) mass is 376 g/mol. The number of ether oxygens (including phenoxy) is 1. The van der Waals surface area contributed by atoms with Gasteiger partial charge in [-0.2, -0.15) is 0 Å². The van der Waals surface area contributed by atoms with Crippen molar-refractivity contribution in [2.75, 3.05) is 26.2 Å². The highest BCUT2D eigenvalue weighted by molar-refractivity contribution is 5.94. The first-order chi connectivity index (χ1) is 13.0. The molecular weight excluding hydrogens is 351 g/mol. The highest BCUT2D eigenvalue weighted by Gasteiger charge is 2.32. The Morgan fingerprint density at radius 3 is 2.19 bits per heavy atom. The predicted molar refractivity (Wildman–Crippen MR) is 96.4 cm³/mol. The number of esters is 1. The molecule has 0 aliphatic carbocycles. The number of hydrogen-bond acceptors (Lipinski definition) is 4. The fourth-order valence-electron chi connectivity index (χ4n) is 3.61. The minimum absolute atomic E-state index is 0.134. The predicted octanol–water partition coefficient (Wildman–Crippen LogP) is 2.23. The first-order valence-corrected chi connectivity index (χ1v) is 9.50. The zero-order valence-corrected chi connectivity index (χ0v) is 15.5. The van der Waals surface area contributed by atoms with Gasteiger partial charge in [0.15, 0.2) is 6.10 Å². The van der Waals surface area contributed by atoms with Gasteiger partial charge in [-0.05, 0) is 56.9 Å². The van der Waals surface area contributed by atoms with Crippen LogP contribution in [0, 0.1) is 11.7 Å². The van der Waals surface area contributed by atoms with Crippen LogP contribution >= 0.6 is 0 Å². The van der Waals surface area contributed by atoms with Gasteiger partial charge in [0.1, 0.15) is 5.82 Å². The normalized spacial score (nSPS) is 19.0. The summed E-state index contributed by atoms with van der Waals surface area (Å²) in [7, 11) is 0. The van der Waals surface area contributed by atoms with Crippen LogP contribution in [0.2, 0.25) is 0 Å². The molecule has 1 aromatic carbocycles. The zero-order valence-electron chi connectivity index (χ0n) is 15.5. The average Bonchev–Trinajstić information content (AvgIpc) is 3.22. The van der Waals surface area contributed by atoms with Crippen molar-refractivity contribution in [3.05, 3.63) is 35.6 Å². The second-order valence-corrected chi connectivity index (χ2v) is 7.18. The third-order valence-electron chi connectivity index (χ3n) is 5.27. The number of piperidine rings is 1. The second kappa shape index (κ2) is 8.50. The van der Waals surface area contributed by atoms with E-state index in [1.54, 1.807) is 16.7 Å². The van der Waals surface area contributed by atoms with Gasteiger partial charge >= 0.3 is 5.97 Å². The van der Waals surface area contributed by atoms with Gasteiger partial charge in [-0.25, -0.2) is 4.39 Å². The molecule has 0 N–H and O–H groups in total. The maximum atomic E-state index is 13.0. The number of rotatable bonds is 4. The highest BCUT2D eigenvalue weighted by atomic mass is 19.1. The Labute approximate surface area is 158 Å². The maximum absolute atomic E-state index is 13.0. The number of carbonyl (C=O) groups excluding carboxylic acids is 3. The number of nitrogens with zero attached hydrogens (tertiary/aromatic N) is 2. The highest BCUT2D eigenvalue weighted by Crippen LogP contribution is 2.21. The van der Waals surface area contributed by atoms with Crippen molar-refractivity contribution in [2.45, 2.75) is 38.7 Å². The summed E-state index contributed by atoms with van der Waals surface area (Å²) in [4.78, 5) is 40.5. The van der Waals surface area contributed by atoms with Gasteiger partial charge in [0, 0.05) is 31.7 Å². The minimum Gasteiger partial charge on any atom is -0.452 e. The van der Waals surface area contributed by atoms with Crippen LogP contribution in [0.1, 0.15) is 43.0 Å². The molecule has 0 aromatic heterocycles. The smallest absolute Gasteiger partial charge is 0.309 e. The van der Waals surface area contributed by atoms with Gasteiger partial charge in [-0.1, -0.05) is 0 Å². The summed E-state index contributed by atoms with van der Waals surface area (Å²) >= 11 is 0. The maximum Gasteiger partial charge on any atom is 0.309 e. The largest absolute Gasteiger partial charge is 0.452 e. The lowest BCUT2D eigenvalue weighted by molar-refractivity contribution is -0.163. The number of likely N-dealkylation sites (tertiary alicyclic amines) is 2. The van der Waals surface area contributed by atoms with Crippen molar-refractivity contribution in [3.8, 4) is 0 Å². The summed E-state index contributed by atoms with van der Waals surface area (Å²) in [5.41, 5.74) is 0.433. The van der Waals surface area contributed by atoms with Crippen LogP contribution in [-0.4, -0.2) is 59.9 Å². The molecule has 2 amide bonds. The number of hydrogen-bond donors (Lipinski definition) is 0. The van der Waals surface area contributed by atoms with E-state index in [2.05, 4.69) is 0 Å². The molecule has 6 nitrogen and oxygen atoms in total.